The maximum absolute atomic E-state index is 9.53. The molecular formula is C13H20O3. The van der Waals surface area contributed by atoms with Crippen LogP contribution in [0.1, 0.15) is 37.9 Å². The molecule has 0 radical (unpaired) electrons. The fourth-order valence-corrected chi connectivity index (χ4v) is 1.53. The summed E-state index contributed by atoms with van der Waals surface area (Å²) in [5, 5.41) is 18.2. The van der Waals surface area contributed by atoms with Gasteiger partial charge >= 0.3 is 0 Å². The molecule has 0 aromatic heterocycles. The Balaban J connectivity index is 2.41. The highest BCUT2D eigenvalue weighted by Gasteiger charge is 2.07. The van der Waals surface area contributed by atoms with Crippen LogP contribution >= 0.6 is 0 Å². The number of unbranched alkanes of at least 4 members (excludes halogenated alkanes) is 2. The summed E-state index contributed by atoms with van der Waals surface area (Å²) in [6, 6.07) is 7.53. The van der Waals surface area contributed by atoms with Gasteiger partial charge in [0.05, 0.1) is 12.7 Å². The SMILES string of the molecule is C[C@@H](O)c1ccccc1OCCCCCO. The smallest absolute Gasteiger partial charge is 0.125 e. The molecule has 1 rings (SSSR count). The molecule has 1 aromatic carbocycles. The minimum atomic E-state index is -0.506. The van der Waals surface area contributed by atoms with Gasteiger partial charge in [-0.1, -0.05) is 18.2 Å². The second-order valence-corrected chi connectivity index (χ2v) is 3.85. The molecule has 0 fully saturated rings. The molecule has 0 aliphatic carbocycles. The minimum Gasteiger partial charge on any atom is -0.493 e. The number of ether oxygens (including phenoxy) is 1. The van der Waals surface area contributed by atoms with Crippen LogP contribution in [-0.2, 0) is 0 Å². The van der Waals surface area contributed by atoms with Gasteiger partial charge in [0, 0.05) is 12.2 Å². The van der Waals surface area contributed by atoms with Gasteiger partial charge in [0.2, 0.25) is 0 Å². The summed E-state index contributed by atoms with van der Waals surface area (Å²) in [6.07, 6.45) is 2.21. The van der Waals surface area contributed by atoms with Crippen LogP contribution in [0.15, 0.2) is 24.3 Å². The molecule has 0 unspecified atom stereocenters. The van der Waals surface area contributed by atoms with Gasteiger partial charge in [0.25, 0.3) is 0 Å². The van der Waals surface area contributed by atoms with Crippen LogP contribution < -0.4 is 4.74 Å². The van der Waals surface area contributed by atoms with Crippen molar-refractivity contribution in [2.24, 2.45) is 0 Å². The molecule has 0 heterocycles. The minimum absolute atomic E-state index is 0.240. The molecule has 0 saturated heterocycles. The standard InChI is InChI=1S/C13H20O3/c1-11(15)12-7-3-4-8-13(12)16-10-6-2-5-9-14/h3-4,7-8,11,14-15H,2,5-6,9-10H2,1H3/t11-/m1/s1. The third-order valence-electron chi connectivity index (χ3n) is 2.43. The number of hydrogen-bond acceptors (Lipinski definition) is 3. The second-order valence-electron chi connectivity index (χ2n) is 3.85. The molecule has 0 spiro atoms. The molecule has 2 N–H and O–H groups in total. The summed E-state index contributed by atoms with van der Waals surface area (Å²) in [7, 11) is 0. The Kier molecular flexibility index (Phi) is 5.90. The van der Waals surface area contributed by atoms with Crippen molar-refractivity contribution < 1.29 is 14.9 Å². The van der Waals surface area contributed by atoms with Crippen LogP contribution in [0.25, 0.3) is 0 Å². The highest BCUT2D eigenvalue weighted by Crippen LogP contribution is 2.24. The molecule has 1 aromatic rings. The van der Waals surface area contributed by atoms with Gasteiger partial charge in [-0.15, -0.1) is 0 Å². The molecule has 1 atom stereocenters. The van der Waals surface area contributed by atoms with E-state index >= 15 is 0 Å². The lowest BCUT2D eigenvalue weighted by atomic mass is 10.1. The van der Waals surface area contributed by atoms with E-state index in [-0.39, 0.29) is 6.61 Å². The van der Waals surface area contributed by atoms with Gasteiger partial charge in [-0.2, -0.15) is 0 Å². The van der Waals surface area contributed by atoms with E-state index in [4.69, 9.17) is 9.84 Å². The van der Waals surface area contributed by atoms with E-state index in [2.05, 4.69) is 0 Å². The van der Waals surface area contributed by atoms with Crippen LogP contribution in [0.3, 0.4) is 0 Å². The van der Waals surface area contributed by atoms with Crippen molar-refractivity contribution in [3.63, 3.8) is 0 Å². The van der Waals surface area contributed by atoms with E-state index in [1.165, 1.54) is 0 Å². The van der Waals surface area contributed by atoms with Gasteiger partial charge < -0.3 is 14.9 Å². The van der Waals surface area contributed by atoms with E-state index in [1.807, 2.05) is 24.3 Å². The number of aliphatic hydroxyl groups is 2. The fourth-order valence-electron chi connectivity index (χ4n) is 1.53. The molecule has 0 aliphatic rings. The number of rotatable bonds is 7. The van der Waals surface area contributed by atoms with Crippen LogP contribution in [0.2, 0.25) is 0 Å². The first-order chi connectivity index (χ1) is 7.75. The topological polar surface area (TPSA) is 49.7 Å². The lowest BCUT2D eigenvalue weighted by Gasteiger charge is -2.12. The van der Waals surface area contributed by atoms with Crippen molar-refractivity contribution in [1.82, 2.24) is 0 Å². The van der Waals surface area contributed by atoms with Gasteiger partial charge in [-0.05, 0) is 32.3 Å². The van der Waals surface area contributed by atoms with E-state index in [1.54, 1.807) is 6.92 Å². The zero-order chi connectivity index (χ0) is 11.8. The van der Waals surface area contributed by atoms with E-state index in [9.17, 15) is 5.11 Å². The molecular weight excluding hydrogens is 204 g/mol. The molecule has 0 saturated carbocycles. The fraction of sp³-hybridized carbons (Fsp3) is 0.538. The Hall–Kier alpha value is -1.06. The quantitative estimate of drug-likeness (QED) is 0.699. The Labute approximate surface area is 96.7 Å². The number of aliphatic hydroxyl groups excluding tert-OH is 2. The molecule has 3 heteroatoms. The molecule has 0 aliphatic heterocycles. The largest absolute Gasteiger partial charge is 0.493 e. The van der Waals surface area contributed by atoms with Crippen LogP contribution in [0, 0.1) is 0 Å². The van der Waals surface area contributed by atoms with Crippen molar-refractivity contribution in [1.29, 1.82) is 0 Å². The van der Waals surface area contributed by atoms with E-state index in [0.717, 1.165) is 30.6 Å². The summed E-state index contributed by atoms with van der Waals surface area (Å²) >= 11 is 0. The van der Waals surface area contributed by atoms with Crippen molar-refractivity contribution in [2.75, 3.05) is 13.2 Å². The average Bonchev–Trinajstić information content (AvgIpc) is 2.29. The second kappa shape index (κ2) is 7.25. The first-order valence-corrected chi connectivity index (χ1v) is 5.76. The third-order valence-corrected chi connectivity index (χ3v) is 2.43. The monoisotopic (exact) mass is 224 g/mol. The number of para-hydroxylation sites is 1. The summed E-state index contributed by atoms with van der Waals surface area (Å²) in [6.45, 7) is 2.60. The van der Waals surface area contributed by atoms with E-state index in [0.29, 0.717) is 6.61 Å². The lowest BCUT2D eigenvalue weighted by molar-refractivity contribution is 0.190. The highest BCUT2D eigenvalue weighted by molar-refractivity contribution is 5.34. The van der Waals surface area contributed by atoms with Crippen molar-refractivity contribution >= 4 is 0 Å². The predicted octanol–water partition coefficient (Wildman–Crippen LogP) is 2.28. The van der Waals surface area contributed by atoms with Gasteiger partial charge in [0.15, 0.2) is 0 Å². The molecule has 0 amide bonds. The molecule has 90 valence electrons. The maximum Gasteiger partial charge on any atom is 0.125 e. The maximum atomic E-state index is 9.53. The predicted molar refractivity (Wildman–Crippen MR) is 63.5 cm³/mol. The molecule has 3 nitrogen and oxygen atoms in total. The Morgan fingerprint density at radius 3 is 2.62 bits per heavy atom. The van der Waals surface area contributed by atoms with Crippen molar-refractivity contribution in [2.45, 2.75) is 32.3 Å². The van der Waals surface area contributed by atoms with Crippen molar-refractivity contribution in [3.8, 4) is 5.75 Å². The summed E-state index contributed by atoms with van der Waals surface area (Å²) in [5.41, 5.74) is 0.824. The third kappa shape index (κ3) is 4.21. The van der Waals surface area contributed by atoms with Crippen LogP contribution in [-0.4, -0.2) is 23.4 Å². The Morgan fingerprint density at radius 1 is 1.19 bits per heavy atom. The zero-order valence-corrected chi connectivity index (χ0v) is 9.72. The number of hydrogen-bond donors (Lipinski definition) is 2. The van der Waals surface area contributed by atoms with Gasteiger partial charge in [0.1, 0.15) is 5.75 Å². The zero-order valence-electron chi connectivity index (χ0n) is 9.72. The summed E-state index contributed by atoms with van der Waals surface area (Å²) in [4.78, 5) is 0. The first kappa shape index (κ1) is 13.0. The Bertz CT molecular complexity index is 297. The molecule has 0 bridgehead atoms. The van der Waals surface area contributed by atoms with Crippen molar-refractivity contribution in [3.05, 3.63) is 29.8 Å². The van der Waals surface area contributed by atoms with Crippen LogP contribution in [0.4, 0.5) is 0 Å². The lowest BCUT2D eigenvalue weighted by Crippen LogP contribution is -2.02. The molecule has 16 heavy (non-hydrogen) atoms. The Morgan fingerprint density at radius 2 is 1.94 bits per heavy atom. The van der Waals surface area contributed by atoms with Gasteiger partial charge in [-0.25, -0.2) is 0 Å². The normalized spacial score (nSPS) is 12.4. The van der Waals surface area contributed by atoms with E-state index < -0.39 is 6.10 Å². The summed E-state index contributed by atoms with van der Waals surface area (Å²) in [5.74, 6) is 0.751. The van der Waals surface area contributed by atoms with Crippen LogP contribution in [0.5, 0.6) is 5.75 Å². The van der Waals surface area contributed by atoms with Gasteiger partial charge in [-0.3, -0.25) is 0 Å². The average molecular weight is 224 g/mol. The highest BCUT2D eigenvalue weighted by atomic mass is 16.5. The number of benzene rings is 1. The summed E-state index contributed by atoms with van der Waals surface area (Å²) < 4.78 is 5.60. The first-order valence-electron chi connectivity index (χ1n) is 5.76.